The van der Waals surface area contributed by atoms with E-state index in [4.69, 9.17) is 10.5 Å². The third-order valence-corrected chi connectivity index (χ3v) is 4.47. The number of thiophene rings is 1. The first-order chi connectivity index (χ1) is 8.95. The molecule has 0 radical (unpaired) electrons. The number of hydrogen-bond acceptors (Lipinski definition) is 4. The average molecular weight is 284 g/mol. The van der Waals surface area contributed by atoms with Gasteiger partial charge < -0.3 is 10.5 Å². The Morgan fingerprint density at radius 2 is 1.89 bits per heavy atom. The van der Waals surface area contributed by atoms with Crippen molar-refractivity contribution in [3.05, 3.63) is 21.4 Å². The summed E-state index contributed by atoms with van der Waals surface area (Å²) in [6.07, 6.45) is 0. The second-order valence-corrected chi connectivity index (χ2v) is 6.82. The number of hydrogen-bond donors (Lipinski definition) is 1. The Balaban J connectivity index is 2.35. The summed E-state index contributed by atoms with van der Waals surface area (Å²) in [7, 11) is 0. The third kappa shape index (κ3) is 5.22. The Bertz CT molecular complexity index is 366. The van der Waals surface area contributed by atoms with E-state index < -0.39 is 0 Å². The molecule has 1 aromatic rings. The van der Waals surface area contributed by atoms with E-state index in [1.54, 1.807) is 11.3 Å². The lowest BCUT2D eigenvalue weighted by Crippen LogP contribution is -2.39. The van der Waals surface area contributed by atoms with Gasteiger partial charge in [-0.1, -0.05) is 0 Å². The van der Waals surface area contributed by atoms with Crippen molar-refractivity contribution in [2.75, 3.05) is 13.2 Å². The van der Waals surface area contributed by atoms with Crippen LogP contribution in [-0.2, 0) is 17.9 Å². The highest BCUT2D eigenvalue weighted by molar-refractivity contribution is 7.12. The Kier molecular flexibility index (Phi) is 7.00. The van der Waals surface area contributed by atoms with Crippen LogP contribution in [0.3, 0.4) is 0 Å². The molecule has 0 fully saturated rings. The van der Waals surface area contributed by atoms with Gasteiger partial charge in [-0.3, -0.25) is 4.90 Å². The van der Waals surface area contributed by atoms with Gasteiger partial charge in [-0.05, 0) is 46.2 Å². The summed E-state index contributed by atoms with van der Waals surface area (Å²) < 4.78 is 5.81. The van der Waals surface area contributed by atoms with E-state index >= 15 is 0 Å². The summed E-state index contributed by atoms with van der Waals surface area (Å²) in [5.41, 5.74) is 6.94. The van der Waals surface area contributed by atoms with Crippen molar-refractivity contribution in [2.45, 2.75) is 59.9 Å². The lowest BCUT2D eigenvalue weighted by atomic mass is 10.2. The highest BCUT2D eigenvalue weighted by Crippen LogP contribution is 2.21. The van der Waals surface area contributed by atoms with Crippen molar-refractivity contribution >= 4 is 11.3 Å². The highest BCUT2D eigenvalue weighted by Gasteiger charge is 2.12. The van der Waals surface area contributed by atoms with Crippen LogP contribution in [0.25, 0.3) is 0 Å². The predicted molar refractivity (Wildman–Crippen MR) is 83.6 cm³/mol. The van der Waals surface area contributed by atoms with E-state index in [0.717, 1.165) is 13.2 Å². The lowest BCUT2D eigenvalue weighted by Gasteiger charge is -2.30. The fourth-order valence-electron chi connectivity index (χ4n) is 2.30. The van der Waals surface area contributed by atoms with Crippen molar-refractivity contribution in [1.29, 1.82) is 0 Å². The minimum atomic E-state index is 0.565. The molecule has 0 saturated heterocycles. The number of nitrogens with zero attached hydrogens (tertiary/aromatic N) is 1. The maximum Gasteiger partial charge on any atom is 0.0728 e. The predicted octanol–water partition coefficient (Wildman–Crippen LogP) is 3.15. The average Bonchev–Trinajstić information content (AvgIpc) is 2.69. The fraction of sp³-hybridized carbons (Fsp3) is 0.733. The first-order valence-electron chi connectivity index (χ1n) is 7.07. The minimum absolute atomic E-state index is 0.565. The number of ether oxygens (including phenoxy) is 1. The van der Waals surface area contributed by atoms with E-state index in [0.29, 0.717) is 25.2 Å². The van der Waals surface area contributed by atoms with Gasteiger partial charge in [0.15, 0.2) is 0 Å². The Morgan fingerprint density at radius 3 is 2.37 bits per heavy atom. The molecule has 0 atom stereocenters. The Hall–Kier alpha value is -0.420. The van der Waals surface area contributed by atoms with Gasteiger partial charge in [0, 0.05) is 34.9 Å². The largest absolute Gasteiger partial charge is 0.375 e. The molecule has 0 spiro atoms. The van der Waals surface area contributed by atoms with Crippen LogP contribution in [0, 0.1) is 6.92 Å². The molecule has 2 N–H and O–H groups in total. The molecular formula is C15H28N2OS. The second-order valence-electron chi connectivity index (χ2n) is 5.48. The Morgan fingerprint density at radius 1 is 1.26 bits per heavy atom. The topological polar surface area (TPSA) is 38.5 Å². The van der Waals surface area contributed by atoms with E-state index in [-0.39, 0.29) is 0 Å². The molecule has 0 aliphatic heterocycles. The van der Waals surface area contributed by atoms with Crippen molar-refractivity contribution in [3.8, 4) is 0 Å². The van der Waals surface area contributed by atoms with E-state index in [1.165, 1.54) is 15.3 Å². The molecule has 0 bridgehead atoms. The second kappa shape index (κ2) is 8.00. The zero-order valence-electron chi connectivity index (χ0n) is 12.9. The monoisotopic (exact) mass is 284 g/mol. The third-order valence-electron chi connectivity index (χ3n) is 3.35. The van der Waals surface area contributed by atoms with Gasteiger partial charge in [0.25, 0.3) is 0 Å². The molecule has 110 valence electrons. The van der Waals surface area contributed by atoms with Crippen molar-refractivity contribution in [1.82, 2.24) is 4.90 Å². The maximum absolute atomic E-state index is 5.81. The summed E-state index contributed by atoms with van der Waals surface area (Å²) in [6.45, 7) is 14.2. The zero-order valence-corrected chi connectivity index (χ0v) is 13.7. The molecule has 0 aliphatic carbocycles. The van der Waals surface area contributed by atoms with Crippen LogP contribution >= 0.6 is 11.3 Å². The maximum atomic E-state index is 5.81. The van der Waals surface area contributed by atoms with E-state index in [9.17, 15) is 0 Å². The molecule has 0 saturated carbocycles. The quantitative estimate of drug-likeness (QED) is 0.745. The van der Waals surface area contributed by atoms with Gasteiger partial charge in [0.05, 0.1) is 13.2 Å². The van der Waals surface area contributed by atoms with Crippen molar-refractivity contribution in [3.63, 3.8) is 0 Å². The summed E-state index contributed by atoms with van der Waals surface area (Å²) in [6, 6.07) is 3.30. The van der Waals surface area contributed by atoms with E-state index in [2.05, 4.69) is 45.6 Å². The van der Waals surface area contributed by atoms with Crippen LogP contribution in [0.1, 0.15) is 43.0 Å². The molecule has 19 heavy (non-hydrogen) atoms. The first-order valence-corrected chi connectivity index (χ1v) is 7.89. The molecule has 1 heterocycles. The van der Waals surface area contributed by atoms with Gasteiger partial charge in [0.1, 0.15) is 0 Å². The summed E-state index contributed by atoms with van der Waals surface area (Å²) in [5.74, 6) is 0. The fourth-order valence-corrected chi connectivity index (χ4v) is 3.22. The highest BCUT2D eigenvalue weighted by atomic mass is 32.1. The summed E-state index contributed by atoms with van der Waals surface area (Å²) in [5, 5.41) is 0. The van der Waals surface area contributed by atoms with Gasteiger partial charge in [-0.15, -0.1) is 11.3 Å². The first kappa shape index (κ1) is 16.6. The minimum Gasteiger partial charge on any atom is -0.375 e. The van der Waals surface area contributed by atoms with Crippen LogP contribution in [0.15, 0.2) is 6.07 Å². The van der Waals surface area contributed by atoms with Gasteiger partial charge in [0.2, 0.25) is 0 Å². The van der Waals surface area contributed by atoms with Gasteiger partial charge in [-0.25, -0.2) is 0 Å². The van der Waals surface area contributed by atoms with Gasteiger partial charge >= 0.3 is 0 Å². The molecule has 0 aromatic carbocycles. The van der Waals surface area contributed by atoms with Crippen LogP contribution < -0.4 is 5.73 Å². The van der Waals surface area contributed by atoms with Crippen molar-refractivity contribution in [2.24, 2.45) is 5.73 Å². The smallest absolute Gasteiger partial charge is 0.0728 e. The lowest BCUT2D eigenvalue weighted by molar-refractivity contribution is 0.0699. The van der Waals surface area contributed by atoms with Crippen molar-refractivity contribution < 1.29 is 4.74 Å². The van der Waals surface area contributed by atoms with Crippen LogP contribution in [0.5, 0.6) is 0 Å². The number of rotatable bonds is 8. The number of nitrogens with two attached hydrogens (primary N) is 1. The van der Waals surface area contributed by atoms with Crippen LogP contribution in [0.2, 0.25) is 0 Å². The molecule has 3 nitrogen and oxygen atoms in total. The Labute approximate surface area is 121 Å². The molecule has 4 heteroatoms. The van der Waals surface area contributed by atoms with Crippen LogP contribution in [0.4, 0.5) is 0 Å². The van der Waals surface area contributed by atoms with E-state index in [1.807, 2.05) is 0 Å². The molecule has 0 amide bonds. The molecule has 1 aromatic heterocycles. The van der Waals surface area contributed by atoms with Crippen LogP contribution in [-0.4, -0.2) is 30.1 Å². The summed E-state index contributed by atoms with van der Waals surface area (Å²) in [4.78, 5) is 5.01. The summed E-state index contributed by atoms with van der Waals surface area (Å²) >= 11 is 1.77. The van der Waals surface area contributed by atoms with Gasteiger partial charge in [-0.2, -0.15) is 0 Å². The standard InChI is InChI=1S/C15H28N2OS/c1-11(2)17(12(3)4)6-7-18-10-14-8-15(9-16)19-13(14)5/h8,11-12H,6-7,9-10,16H2,1-5H3. The molecule has 0 unspecified atom stereocenters. The SMILES string of the molecule is Cc1sc(CN)cc1COCCN(C(C)C)C(C)C. The normalized spacial score (nSPS) is 12.1. The molecule has 1 rings (SSSR count). The number of aryl methyl sites for hydroxylation is 1. The molecule has 0 aliphatic rings. The molecular weight excluding hydrogens is 256 g/mol. The zero-order chi connectivity index (χ0) is 14.4.